The third kappa shape index (κ3) is 4.49. The number of nitrogens with zero attached hydrogens (tertiary/aromatic N) is 2. The topological polar surface area (TPSA) is 25.8 Å². The van der Waals surface area contributed by atoms with Gasteiger partial charge < -0.3 is 0 Å². The van der Waals surface area contributed by atoms with E-state index in [1.807, 2.05) is 23.7 Å². The smallest absolute Gasteiger partial charge is 0.0722 e. The Morgan fingerprint density at radius 3 is 1.34 bits per heavy atom. The Morgan fingerprint density at radius 2 is 0.927 bits per heavy atom. The minimum atomic E-state index is 0.114. The first kappa shape index (κ1) is 25.9. The van der Waals surface area contributed by atoms with E-state index >= 15 is 0 Å². The molecule has 0 atom stereocenters. The molecule has 4 aromatic carbocycles. The molecule has 0 N–H and O–H groups in total. The zero-order chi connectivity index (χ0) is 28.5. The van der Waals surface area contributed by atoms with Crippen molar-refractivity contribution in [1.29, 1.82) is 0 Å². The summed E-state index contributed by atoms with van der Waals surface area (Å²) in [6, 6.07) is 31.2. The normalized spacial score (nSPS) is 12.6. The fourth-order valence-corrected chi connectivity index (χ4v) is 7.08. The SMILES string of the molecule is CC(C)(C)c1ccc2cc(-c3cccc4c3sc3c(-c5cc6ccc(C(C)(C)C)cc6cn5)cccc34)ncc2c1. The second kappa shape index (κ2) is 9.22. The van der Waals surface area contributed by atoms with Crippen LogP contribution in [0.2, 0.25) is 0 Å². The number of fused-ring (bicyclic) bond motifs is 5. The Kier molecular flexibility index (Phi) is 5.82. The van der Waals surface area contributed by atoms with Crippen LogP contribution in [0.1, 0.15) is 52.7 Å². The Balaban J connectivity index is 1.36. The van der Waals surface area contributed by atoms with E-state index in [2.05, 4.69) is 126 Å². The predicted molar refractivity (Wildman–Crippen MR) is 178 cm³/mol. The van der Waals surface area contributed by atoms with Gasteiger partial charge in [-0.3, -0.25) is 9.97 Å². The molecule has 0 saturated carbocycles. The molecule has 0 unspecified atom stereocenters. The Bertz CT molecular complexity index is 1970. The van der Waals surface area contributed by atoms with Crippen molar-refractivity contribution in [1.82, 2.24) is 9.97 Å². The molecule has 202 valence electrons. The summed E-state index contributed by atoms with van der Waals surface area (Å²) >= 11 is 1.85. The minimum Gasteiger partial charge on any atom is -0.256 e. The lowest BCUT2D eigenvalue weighted by Crippen LogP contribution is -2.10. The summed E-state index contributed by atoms with van der Waals surface area (Å²) in [7, 11) is 0. The fraction of sp³-hybridized carbons (Fsp3) is 0.211. The maximum absolute atomic E-state index is 4.95. The summed E-state index contributed by atoms with van der Waals surface area (Å²) in [5.74, 6) is 0. The van der Waals surface area contributed by atoms with E-state index in [4.69, 9.17) is 9.97 Å². The summed E-state index contributed by atoms with van der Waals surface area (Å²) in [5, 5.41) is 7.34. The van der Waals surface area contributed by atoms with Gasteiger partial charge in [0.2, 0.25) is 0 Å². The van der Waals surface area contributed by atoms with E-state index in [1.165, 1.54) is 64.0 Å². The maximum Gasteiger partial charge on any atom is 0.0722 e. The number of aromatic nitrogens is 2. The van der Waals surface area contributed by atoms with Gasteiger partial charge >= 0.3 is 0 Å². The monoisotopic (exact) mass is 550 g/mol. The first-order valence-corrected chi connectivity index (χ1v) is 15.1. The molecule has 0 radical (unpaired) electrons. The van der Waals surface area contributed by atoms with Crippen molar-refractivity contribution in [2.75, 3.05) is 0 Å². The van der Waals surface area contributed by atoms with Gasteiger partial charge in [-0.05, 0) is 57.0 Å². The molecule has 0 aliphatic heterocycles. The van der Waals surface area contributed by atoms with Crippen molar-refractivity contribution < 1.29 is 0 Å². The molecule has 3 heteroatoms. The number of hydrogen-bond donors (Lipinski definition) is 0. The lowest BCUT2D eigenvalue weighted by Gasteiger charge is -2.19. The van der Waals surface area contributed by atoms with Crippen LogP contribution < -0.4 is 0 Å². The molecule has 0 saturated heterocycles. The quantitative estimate of drug-likeness (QED) is 0.214. The molecule has 41 heavy (non-hydrogen) atoms. The molecular weight excluding hydrogens is 516 g/mol. The van der Waals surface area contributed by atoms with Gasteiger partial charge in [-0.15, -0.1) is 11.3 Å². The van der Waals surface area contributed by atoms with E-state index in [0.29, 0.717) is 0 Å². The van der Waals surface area contributed by atoms with Crippen LogP contribution in [0.3, 0.4) is 0 Å². The van der Waals surface area contributed by atoms with Crippen molar-refractivity contribution >= 4 is 53.1 Å². The average Bonchev–Trinajstić information content (AvgIpc) is 3.34. The number of pyridine rings is 2. The summed E-state index contributed by atoms with van der Waals surface area (Å²) in [6.07, 6.45) is 4.06. The molecule has 0 bridgehead atoms. The molecule has 3 heterocycles. The zero-order valence-corrected chi connectivity index (χ0v) is 25.4. The number of benzene rings is 4. The van der Waals surface area contributed by atoms with Gasteiger partial charge in [0.1, 0.15) is 0 Å². The van der Waals surface area contributed by atoms with Gasteiger partial charge in [0, 0.05) is 54.5 Å². The van der Waals surface area contributed by atoms with Gasteiger partial charge in [-0.1, -0.05) is 102 Å². The summed E-state index contributed by atoms with van der Waals surface area (Å²) in [4.78, 5) is 9.91. The van der Waals surface area contributed by atoms with Gasteiger partial charge in [-0.2, -0.15) is 0 Å². The average molecular weight is 551 g/mol. The van der Waals surface area contributed by atoms with Crippen molar-refractivity contribution in [3.63, 3.8) is 0 Å². The van der Waals surface area contributed by atoms with Crippen molar-refractivity contribution in [2.45, 2.75) is 52.4 Å². The third-order valence-electron chi connectivity index (χ3n) is 8.25. The predicted octanol–water partition coefficient (Wildman–Crippen LogP) is 11.1. The van der Waals surface area contributed by atoms with E-state index < -0.39 is 0 Å². The molecule has 0 fully saturated rings. The van der Waals surface area contributed by atoms with E-state index in [1.54, 1.807) is 0 Å². The van der Waals surface area contributed by atoms with Gasteiger partial charge in [0.15, 0.2) is 0 Å². The Morgan fingerprint density at radius 1 is 0.488 bits per heavy atom. The van der Waals surface area contributed by atoms with Crippen molar-refractivity contribution in [2.24, 2.45) is 0 Å². The van der Waals surface area contributed by atoms with Gasteiger partial charge in [0.25, 0.3) is 0 Å². The Labute approximate surface area is 245 Å². The van der Waals surface area contributed by atoms with Crippen LogP contribution in [-0.2, 0) is 10.8 Å². The molecule has 7 aromatic rings. The molecule has 0 aliphatic carbocycles. The highest BCUT2D eigenvalue weighted by atomic mass is 32.1. The van der Waals surface area contributed by atoms with Crippen LogP contribution in [0.25, 0.3) is 64.2 Å². The van der Waals surface area contributed by atoms with Gasteiger partial charge in [-0.25, -0.2) is 0 Å². The standard InChI is InChI=1S/C38H34N2S/c1-37(2,3)27-15-13-23-19-33(39-21-25(23)17-27)31-11-7-9-29-30-10-8-12-32(36(30)41-35(29)31)34-20-24-14-16-28(38(4,5)6)18-26(24)22-40-34/h7-22H,1-6H3. The lowest BCUT2D eigenvalue weighted by molar-refractivity contribution is 0.591. The number of rotatable bonds is 2. The molecule has 0 amide bonds. The number of hydrogen-bond acceptors (Lipinski definition) is 3. The summed E-state index contributed by atoms with van der Waals surface area (Å²) in [5.41, 5.74) is 7.27. The molecule has 2 nitrogen and oxygen atoms in total. The highest BCUT2D eigenvalue weighted by molar-refractivity contribution is 7.26. The molecule has 7 rings (SSSR count). The minimum absolute atomic E-state index is 0.114. The molecular formula is C38H34N2S. The molecule has 0 aliphatic rings. The second-order valence-electron chi connectivity index (χ2n) is 13.2. The largest absolute Gasteiger partial charge is 0.256 e. The van der Waals surface area contributed by atoms with Crippen LogP contribution in [0, 0.1) is 0 Å². The van der Waals surface area contributed by atoms with Gasteiger partial charge in [0.05, 0.1) is 11.4 Å². The highest BCUT2D eigenvalue weighted by Crippen LogP contribution is 2.43. The van der Waals surface area contributed by atoms with E-state index in [9.17, 15) is 0 Å². The lowest BCUT2D eigenvalue weighted by atomic mass is 9.86. The Hall–Kier alpha value is -4.08. The van der Waals surface area contributed by atoms with E-state index in [-0.39, 0.29) is 10.8 Å². The fourth-order valence-electron chi connectivity index (χ4n) is 5.73. The second-order valence-corrected chi connectivity index (χ2v) is 14.3. The van der Waals surface area contributed by atoms with Crippen LogP contribution in [0.15, 0.2) is 97.3 Å². The highest BCUT2D eigenvalue weighted by Gasteiger charge is 2.18. The van der Waals surface area contributed by atoms with Crippen molar-refractivity contribution in [3.8, 4) is 22.5 Å². The summed E-state index contributed by atoms with van der Waals surface area (Å²) < 4.78 is 2.53. The number of thiophene rings is 1. The third-order valence-corrected chi connectivity index (χ3v) is 9.54. The maximum atomic E-state index is 4.95. The van der Waals surface area contributed by atoms with Crippen LogP contribution in [-0.4, -0.2) is 9.97 Å². The summed E-state index contributed by atoms with van der Waals surface area (Å²) in [6.45, 7) is 13.5. The first-order chi connectivity index (χ1) is 19.6. The van der Waals surface area contributed by atoms with Crippen LogP contribution in [0.5, 0.6) is 0 Å². The van der Waals surface area contributed by atoms with E-state index in [0.717, 1.165) is 11.4 Å². The molecule has 0 spiro atoms. The van der Waals surface area contributed by atoms with Crippen molar-refractivity contribution in [3.05, 3.63) is 108 Å². The van der Waals surface area contributed by atoms with Crippen LogP contribution >= 0.6 is 11.3 Å². The first-order valence-electron chi connectivity index (χ1n) is 14.3. The molecule has 3 aromatic heterocycles. The zero-order valence-electron chi connectivity index (χ0n) is 24.5. The van der Waals surface area contributed by atoms with Crippen LogP contribution in [0.4, 0.5) is 0 Å².